The smallest absolute Gasteiger partial charge is 0.239 e. The molecule has 0 aromatic rings. The number of nitrogens with two attached hydrogens (primary N) is 2. The Balaban J connectivity index is 3.58. The Morgan fingerprint density at radius 3 is 2.60 bits per heavy atom. The summed E-state index contributed by atoms with van der Waals surface area (Å²) in [6, 6.07) is 0. The molecule has 1 amide bonds. The molecule has 0 rings (SSSR count). The van der Waals surface area contributed by atoms with Crippen LogP contribution in [0.1, 0.15) is 6.92 Å². The van der Waals surface area contributed by atoms with E-state index in [-0.39, 0.29) is 6.54 Å². The van der Waals surface area contributed by atoms with Gasteiger partial charge in [-0.05, 0) is 13.0 Å². The molecule has 4 heteroatoms. The first kappa shape index (κ1) is 8.68. The van der Waals surface area contributed by atoms with E-state index >= 15 is 0 Å². The highest BCUT2D eigenvalue weighted by Gasteiger charge is 1.84. The van der Waals surface area contributed by atoms with Crippen LogP contribution in [-0.4, -0.2) is 18.7 Å². The Morgan fingerprint density at radius 1 is 1.60 bits per heavy atom. The summed E-state index contributed by atoms with van der Waals surface area (Å²) in [6.45, 7) is 1.75. The fourth-order valence-electron chi connectivity index (χ4n) is 0.313. The minimum absolute atomic E-state index is 0.0176. The number of primary amides is 1. The normalized spacial score (nSPS) is 12.3. The zero-order chi connectivity index (χ0) is 7.98. The molecule has 0 unspecified atom stereocenters. The Bertz CT molecular complexity index is 168. The van der Waals surface area contributed by atoms with Crippen molar-refractivity contribution in [1.29, 1.82) is 0 Å². The van der Waals surface area contributed by atoms with Crippen LogP contribution in [0.5, 0.6) is 0 Å². The van der Waals surface area contributed by atoms with Gasteiger partial charge in [-0.1, -0.05) is 0 Å². The van der Waals surface area contributed by atoms with Crippen molar-refractivity contribution in [3.8, 4) is 0 Å². The van der Waals surface area contributed by atoms with Gasteiger partial charge in [-0.25, -0.2) is 0 Å². The standard InChI is InChI=1S/C6H11N3O/c1-5(7)2-3-9-4-6(8)10/h2-3H,4,7H2,1H3,(H2,8,10). The van der Waals surface area contributed by atoms with Gasteiger partial charge in [-0.3, -0.25) is 9.79 Å². The van der Waals surface area contributed by atoms with Gasteiger partial charge in [-0.15, -0.1) is 0 Å². The van der Waals surface area contributed by atoms with Crippen molar-refractivity contribution in [1.82, 2.24) is 0 Å². The third kappa shape index (κ3) is 6.68. The second-order valence-electron chi connectivity index (χ2n) is 1.87. The van der Waals surface area contributed by atoms with Crippen molar-refractivity contribution >= 4 is 12.1 Å². The van der Waals surface area contributed by atoms with E-state index in [4.69, 9.17) is 11.5 Å². The average molecular weight is 141 g/mol. The Morgan fingerprint density at radius 2 is 2.20 bits per heavy atom. The molecule has 0 atom stereocenters. The van der Waals surface area contributed by atoms with Crippen LogP contribution in [0.15, 0.2) is 16.8 Å². The van der Waals surface area contributed by atoms with E-state index in [1.165, 1.54) is 6.21 Å². The summed E-state index contributed by atoms with van der Waals surface area (Å²) >= 11 is 0. The van der Waals surface area contributed by atoms with Crippen molar-refractivity contribution in [3.63, 3.8) is 0 Å². The summed E-state index contributed by atoms with van der Waals surface area (Å²) in [5, 5.41) is 0. The Hall–Kier alpha value is -1.32. The van der Waals surface area contributed by atoms with Crippen LogP contribution in [0, 0.1) is 0 Å². The van der Waals surface area contributed by atoms with Gasteiger partial charge in [-0.2, -0.15) is 0 Å². The van der Waals surface area contributed by atoms with E-state index in [9.17, 15) is 4.79 Å². The molecule has 0 radical (unpaired) electrons. The molecule has 0 saturated carbocycles. The fraction of sp³-hybridized carbons (Fsp3) is 0.333. The van der Waals surface area contributed by atoms with Crippen LogP contribution < -0.4 is 11.5 Å². The molecule has 4 nitrogen and oxygen atoms in total. The van der Waals surface area contributed by atoms with Gasteiger partial charge in [0, 0.05) is 11.9 Å². The van der Waals surface area contributed by atoms with E-state index in [2.05, 4.69) is 4.99 Å². The molecule has 0 heterocycles. The molecule has 0 saturated heterocycles. The summed E-state index contributed by atoms with van der Waals surface area (Å²) in [5.74, 6) is -0.445. The summed E-state index contributed by atoms with van der Waals surface area (Å²) in [4.78, 5) is 13.8. The summed E-state index contributed by atoms with van der Waals surface area (Å²) in [5.41, 5.74) is 10.7. The van der Waals surface area contributed by atoms with Gasteiger partial charge >= 0.3 is 0 Å². The van der Waals surface area contributed by atoms with Gasteiger partial charge in [0.1, 0.15) is 6.54 Å². The third-order valence-corrected chi connectivity index (χ3v) is 0.690. The van der Waals surface area contributed by atoms with Gasteiger partial charge in [0.25, 0.3) is 0 Å². The predicted octanol–water partition coefficient (Wildman–Crippen LogP) is -0.595. The second-order valence-corrected chi connectivity index (χ2v) is 1.87. The van der Waals surface area contributed by atoms with Crippen LogP contribution in [0.2, 0.25) is 0 Å². The second kappa shape index (κ2) is 4.55. The molecule has 0 aliphatic heterocycles. The van der Waals surface area contributed by atoms with Crippen LogP contribution >= 0.6 is 0 Å². The number of allylic oxidation sites excluding steroid dienone is 2. The van der Waals surface area contributed by atoms with Gasteiger partial charge in [0.2, 0.25) is 5.91 Å². The van der Waals surface area contributed by atoms with Gasteiger partial charge in [0.15, 0.2) is 0 Å². The van der Waals surface area contributed by atoms with E-state index in [0.717, 1.165) is 0 Å². The van der Waals surface area contributed by atoms with Crippen molar-refractivity contribution in [3.05, 3.63) is 11.8 Å². The molecule has 0 bridgehead atoms. The molecule has 0 aromatic heterocycles. The SMILES string of the molecule is CC(N)=CC=NCC(N)=O. The Labute approximate surface area is 59.6 Å². The molecule has 4 N–H and O–H groups in total. The quantitative estimate of drug-likeness (QED) is 0.515. The molecule has 0 aromatic carbocycles. The van der Waals surface area contributed by atoms with E-state index in [1.807, 2.05) is 0 Å². The highest BCUT2D eigenvalue weighted by atomic mass is 16.1. The topological polar surface area (TPSA) is 81.5 Å². The number of amides is 1. The highest BCUT2D eigenvalue weighted by Crippen LogP contribution is 1.74. The van der Waals surface area contributed by atoms with Crippen LogP contribution in [0.4, 0.5) is 0 Å². The van der Waals surface area contributed by atoms with Crippen LogP contribution in [0.25, 0.3) is 0 Å². The van der Waals surface area contributed by atoms with Gasteiger partial charge in [0.05, 0.1) is 0 Å². The number of carbonyl (C=O) groups excluding carboxylic acids is 1. The largest absolute Gasteiger partial charge is 0.402 e. The Kier molecular flexibility index (Phi) is 3.95. The maximum atomic E-state index is 10.1. The third-order valence-electron chi connectivity index (χ3n) is 0.690. The number of carbonyl (C=O) groups is 1. The lowest BCUT2D eigenvalue weighted by atomic mass is 10.5. The first-order chi connectivity index (χ1) is 4.63. The van der Waals surface area contributed by atoms with E-state index < -0.39 is 5.91 Å². The number of hydrogen-bond acceptors (Lipinski definition) is 3. The molecule has 0 aliphatic rings. The van der Waals surface area contributed by atoms with Crippen molar-refractivity contribution in [2.45, 2.75) is 6.92 Å². The van der Waals surface area contributed by atoms with Crippen molar-refractivity contribution in [2.24, 2.45) is 16.5 Å². The lowest BCUT2D eigenvalue weighted by molar-refractivity contribution is -0.116. The summed E-state index contributed by atoms with van der Waals surface area (Å²) in [6.07, 6.45) is 3.06. The number of rotatable bonds is 3. The molecule has 10 heavy (non-hydrogen) atoms. The molecule has 56 valence electrons. The van der Waals surface area contributed by atoms with E-state index in [0.29, 0.717) is 5.70 Å². The molecule has 0 fully saturated rings. The lowest BCUT2D eigenvalue weighted by Crippen LogP contribution is -2.13. The molecular weight excluding hydrogens is 130 g/mol. The lowest BCUT2D eigenvalue weighted by Gasteiger charge is -1.84. The minimum atomic E-state index is -0.445. The molecular formula is C6H11N3O. The summed E-state index contributed by atoms with van der Waals surface area (Å²) < 4.78 is 0. The first-order valence-electron chi connectivity index (χ1n) is 2.83. The minimum Gasteiger partial charge on any atom is -0.402 e. The van der Waals surface area contributed by atoms with Crippen molar-refractivity contribution in [2.75, 3.05) is 6.54 Å². The number of aliphatic imine (C=N–C) groups is 1. The number of hydrogen-bond donors (Lipinski definition) is 2. The molecule has 0 spiro atoms. The van der Waals surface area contributed by atoms with Gasteiger partial charge < -0.3 is 11.5 Å². The zero-order valence-electron chi connectivity index (χ0n) is 5.87. The maximum Gasteiger partial charge on any atom is 0.239 e. The number of nitrogens with zero attached hydrogens (tertiary/aromatic N) is 1. The van der Waals surface area contributed by atoms with E-state index in [1.54, 1.807) is 13.0 Å². The predicted molar refractivity (Wildman–Crippen MR) is 40.5 cm³/mol. The zero-order valence-corrected chi connectivity index (χ0v) is 5.87. The maximum absolute atomic E-state index is 10.1. The molecule has 0 aliphatic carbocycles. The first-order valence-corrected chi connectivity index (χ1v) is 2.83. The summed E-state index contributed by atoms with van der Waals surface area (Å²) in [7, 11) is 0. The fourth-order valence-corrected chi connectivity index (χ4v) is 0.313. The van der Waals surface area contributed by atoms with Crippen LogP contribution in [-0.2, 0) is 4.79 Å². The average Bonchev–Trinajstić information content (AvgIpc) is 1.79. The monoisotopic (exact) mass is 141 g/mol. The van der Waals surface area contributed by atoms with Crippen LogP contribution in [0.3, 0.4) is 0 Å². The van der Waals surface area contributed by atoms with Crippen molar-refractivity contribution < 1.29 is 4.79 Å². The highest BCUT2D eigenvalue weighted by molar-refractivity contribution is 5.80.